The largest absolute Gasteiger partial charge is 0.389 e. The first-order valence-electron chi connectivity index (χ1n) is 12.9. The number of pyridine rings is 1. The molecular weight excluding hydrogens is 493 g/mol. The van der Waals surface area contributed by atoms with E-state index in [9.17, 15) is 22.4 Å². The molecule has 0 atom stereocenters. The summed E-state index contributed by atoms with van der Waals surface area (Å²) < 4.78 is 68.1. The first-order chi connectivity index (χ1) is 17.5. The number of alkyl halides is 4. The Bertz CT molecular complexity index is 1080. The van der Waals surface area contributed by atoms with E-state index in [1.807, 2.05) is 6.07 Å². The number of aryl methyl sites for hydroxylation is 2. The molecule has 1 N–H and O–H groups in total. The van der Waals surface area contributed by atoms with Crippen molar-refractivity contribution in [2.45, 2.75) is 82.1 Å². The number of rotatable bonds is 8. The Labute approximate surface area is 213 Å². The first-order valence-corrected chi connectivity index (χ1v) is 12.9. The van der Waals surface area contributed by atoms with Gasteiger partial charge in [0.1, 0.15) is 5.67 Å². The molecule has 0 aromatic carbocycles. The molecule has 1 aliphatic heterocycles. The predicted octanol–water partition coefficient (Wildman–Crippen LogP) is 4.25. The van der Waals surface area contributed by atoms with Gasteiger partial charge in [0, 0.05) is 68.7 Å². The van der Waals surface area contributed by atoms with Crippen molar-refractivity contribution >= 4 is 5.91 Å². The molecule has 0 radical (unpaired) electrons. The number of fused-ring (bicyclic) bond motifs is 1. The molecule has 11 heteroatoms. The Morgan fingerprint density at radius 3 is 2.59 bits per heavy atom. The predicted molar refractivity (Wildman–Crippen MR) is 128 cm³/mol. The molecule has 0 saturated heterocycles. The number of aromatic nitrogens is 3. The van der Waals surface area contributed by atoms with E-state index in [0.717, 1.165) is 24.2 Å². The molecule has 204 valence electrons. The smallest absolute Gasteiger partial charge is 0.353 e. The van der Waals surface area contributed by atoms with Crippen LogP contribution in [0.2, 0.25) is 0 Å². The lowest BCUT2D eigenvalue weighted by Crippen LogP contribution is -2.43. The Kier molecular flexibility index (Phi) is 8.50. The fourth-order valence-corrected chi connectivity index (χ4v) is 5.28. The van der Waals surface area contributed by atoms with Crippen LogP contribution in [0.5, 0.6) is 0 Å². The van der Waals surface area contributed by atoms with E-state index >= 15 is 4.39 Å². The quantitative estimate of drug-likeness (QED) is 0.522. The van der Waals surface area contributed by atoms with Gasteiger partial charge in [0.15, 0.2) is 0 Å². The van der Waals surface area contributed by atoms with Crippen molar-refractivity contribution in [2.24, 2.45) is 7.05 Å². The van der Waals surface area contributed by atoms with Gasteiger partial charge in [-0.05, 0) is 56.6 Å². The molecule has 2 aromatic heterocycles. The molecule has 1 saturated carbocycles. The number of nitrogens with zero attached hydrogens (tertiary/aromatic N) is 4. The number of hydrogen-bond acceptors (Lipinski definition) is 4. The lowest BCUT2D eigenvalue weighted by Gasteiger charge is -2.35. The monoisotopic (exact) mass is 527 g/mol. The van der Waals surface area contributed by atoms with Gasteiger partial charge in [0.05, 0.1) is 6.42 Å². The van der Waals surface area contributed by atoms with Gasteiger partial charge in [-0.1, -0.05) is 6.07 Å². The normalized spacial score (nSPS) is 22.9. The summed E-state index contributed by atoms with van der Waals surface area (Å²) in [7, 11) is 1.59. The molecular formula is C26H34F5N5O. The van der Waals surface area contributed by atoms with Gasteiger partial charge in [-0.25, -0.2) is 4.39 Å². The number of halogens is 5. The van der Waals surface area contributed by atoms with Crippen LogP contribution < -0.4 is 5.32 Å². The van der Waals surface area contributed by atoms with Gasteiger partial charge in [0.25, 0.3) is 0 Å². The molecule has 6 nitrogen and oxygen atoms in total. The van der Waals surface area contributed by atoms with Crippen molar-refractivity contribution in [3.8, 4) is 0 Å². The Morgan fingerprint density at radius 2 is 1.92 bits per heavy atom. The third kappa shape index (κ3) is 7.96. The molecule has 2 aromatic rings. The molecule has 0 spiro atoms. The molecule has 0 bridgehead atoms. The molecule has 37 heavy (non-hydrogen) atoms. The van der Waals surface area contributed by atoms with Crippen LogP contribution in [0.15, 0.2) is 18.3 Å². The highest BCUT2D eigenvalue weighted by atomic mass is 19.4. The van der Waals surface area contributed by atoms with Crippen LogP contribution in [0.1, 0.15) is 61.0 Å². The zero-order valence-corrected chi connectivity index (χ0v) is 21.1. The maximum absolute atomic E-state index is 15.5. The zero-order chi connectivity index (χ0) is 26.6. The van der Waals surface area contributed by atoms with E-state index in [4.69, 9.17) is 0 Å². The van der Waals surface area contributed by atoms with Crippen LogP contribution in [-0.4, -0.2) is 63.1 Å². The Hall–Kier alpha value is -2.56. The minimum Gasteiger partial charge on any atom is -0.353 e. The van der Waals surface area contributed by atoms with Crippen molar-refractivity contribution < 1.29 is 26.7 Å². The number of amides is 1. The maximum atomic E-state index is 15.5. The van der Waals surface area contributed by atoms with E-state index in [2.05, 4.69) is 20.3 Å². The fourth-order valence-electron chi connectivity index (χ4n) is 5.28. The van der Waals surface area contributed by atoms with Crippen LogP contribution in [0.25, 0.3) is 0 Å². The van der Waals surface area contributed by atoms with Crippen LogP contribution >= 0.6 is 0 Å². The second-order valence-corrected chi connectivity index (χ2v) is 10.4. The highest BCUT2D eigenvalue weighted by Gasteiger charge is 2.36. The number of carbonyl (C=O) groups excluding carboxylic acids is 1. The summed E-state index contributed by atoms with van der Waals surface area (Å²) in [6.07, 6.45) is -0.237. The average Bonchev–Trinajstić information content (AvgIpc) is 3.02. The van der Waals surface area contributed by atoms with E-state index in [-0.39, 0.29) is 30.4 Å². The maximum Gasteiger partial charge on any atom is 0.389 e. The average molecular weight is 528 g/mol. The van der Waals surface area contributed by atoms with Crippen LogP contribution in [0.3, 0.4) is 0 Å². The summed E-state index contributed by atoms with van der Waals surface area (Å²) >= 11 is 0. The van der Waals surface area contributed by atoms with Crippen LogP contribution in [-0.2, 0) is 37.5 Å². The molecule has 1 fully saturated rings. The number of carbonyl (C=O) groups is 1. The van der Waals surface area contributed by atoms with Gasteiger partial charge in [0.2, 0.25) is 11.9 Å². The molecule has 4 rings (SSSR count). The van der Waals surface area contributed by atoms with Crippen molar-refractivity contribution in [1.29, 1.82) is 0 Å². The van der Waals surface area contributed by atoms with Crippen LogP contribution in [0.4, 0.5) is 22.0 Å². The van der Waals surface area contributed by atoms with Crippen molar-refractivity contribution in [1.82, 2.24) is 25.0 Å². The van der Waals surface area contributed by atoms with Crippen LogP contribution in [0, 0.1) is 5.95 Å². The number of hydrogen-bond donors (Lipinski definition) is 1. The molecule has 0 unspecified atom stereocenters. The van der Waals surface area contributed by atoms with Gasteiger partial charge >= 0.3 is 6.18 Å². The van der Waals surface area contributed by atoms with Crippen molar-refractivity contribution in [3.05, 3.63) is 46.8 Å². The summed E-state index contributed by atoms with van der Waals surface area (Å²) in [6.45, 7) is 2.06. The van der Waals surface area contributed by atoms with Crippen molar-refractivity contribution in [2.75, 3.05) is 19.6 Å². The van der Waals surface area contributed by atoms with Gasteiger partial charge in [-0.2, -0.15) is 17.6 Å². The zero-order valence-electron chi connectivity index (χ0n) is 21.1. The standard InChI is InChI=1S/C26H34F5N5O/c1-35-17-19(24(27)34-35)16-23(37)33-21-4-9-25(28,10-5-21)12-15-36-13-7-18-2-3-20(6-11-26(29,30)31)32-22(18)8-14-36/h2-3,17,21H,4-16H2,1H3,(H,33,37). The van der Waals surface area contributed by atoms with Crippen molar-refractivity contribution in [3.63, 3.8) is 0 Å². The third-order valence-electron chi connectivity index (χ3n) is 7.48. The molecule has 1 amide bonds. The number of nitrogens with one attached hydrogen (secondary N) is 1. The molecule has 1 aliphatic carbocycles. The highest BCUT2D eigenvalue weighted by Crippen LogP contribution is 2.35. The summed E-state index contributed by atoms with van der Waals surface area (Å²) in [4.78, 5) is 19.0. The minimum absolute atomic E-state index is 0.0903. The second-order valence-electron chi connectivity index (χ2n) is 10.4. The summed E-state index contributed by atoms with van der Waals surface area (Å²) in [5.74, 6) is -0.944. The summed E-state index contributed by atoms with van der Waals surface area (Å²) in [5, 5.41) is 6.50. The minimum atomic E-state index is -4.20. The Balaban J connectivity index is 1.20. The van der Waals surface area contributed by atoms with E-state index < -0.39 is 24.2 Å². The SMILES string of the molecule is Cn1cc(CC(=O)NC2CCC(F)(CCN3CCc4ccc(CCC(F)(F)F)nc4CC3)CC2)c(F)n1. The molecule has 3 heterocycles. The second kappa shape index (κ2) is 11.4. The van der Waals surface area contributed by atoms with Gasteiger partial charge < -0.3 is 10.2 Å². The topological polar surface area (TPSA) is 63.1 Å². The van der Waals surface area contributed by atoms with E-state index in [1.54, 1.807) is 13.1 Å². The lowest BCUT2D eigenvalue weighted by atomic mass is 9.81. The molecule has 2 aliphatic rings. The first kappa shape index (κ1) is 27.5. The Morgan fingerprint density at radius 1 is 1.19 bits per heavy atom. The lowest BCUT2D eigenvalue weighted by molar-refractivity contribution is -0.134. The van der Waals surface area contributed by atoms with Gasteiger partial charge in [-0.3, -0.25) is 14.5 Å². The van der Waals surface area contributed by atoms with E-state index in [0.29, 0.717) is 57.3 Å². The fraction of sp³-hybridized carbons (Fsp3) is 0.654. The summed E-state index contributed by atoms with van der Waals surface area (Å²) in [5.41, 5.74) is 1.30. The van der Waals surface area contributed by atoms with E-state index in [1.165, 1.54) is 10.9 Å². The third-order valence-corrected chi connectivity index (χ3v) is 7.48. The van der Waals surface area contributed by atoms with Gasteiger partial charge in [-0.15, -0.1) is 5.10 Å². The highest BCUT2D eigenvalue weighted by molar-refractivity contribution is 5.78. The summed E-state index contributed by atoms with van der Waals surface area (Å²) in [6, 6.07) is 3.44.